The highest BCUT2D eigenvalue weighted by molar-refractivity contribution is 9.10. The Labute approximate surface area is 163 Å². The first kappa shape index (κ1) is 16.6. The van der Waals surface area contributed by atoms with Gasteiger partial charge in [-0.25, -0.2) is 0 Å². The third-order valence-electron chi connectivity index (χ3n) is 7.96. The number of rotatable bonds is 3. The van der Waals surface area contributed by atoms with E-state index < -0.39 is 0 Å². The summed E-state index contributed by atoms with van der Waals surface area (Å²) in [5, 5.41) is 0.770. The quantitative estimate of drug-likeness (QED) is 0.645. The topological polar surface area (TPSA) is 20.3 Å². The maximum atomic E-state index is 13.2. The van der Waals surface area contributed by atoms with Gasteiger partial charge >= 0.3 is 0 Å². The molecule has 1 spiro atoms. The van der Waals surface area contributed by atoms with Gasteiger partial charge in [0.05, 0.1) is 0 Å². The van der Waals surface area contributed by atoms with E-state index in [1.165, 1.54) is 25.7 Å². The van der Waals surface area contributed by atoms with Gasteiger partial charge in [0.25, 0.3) is 0 Å². The van der Waals surface area contributed by atoms with E-state index in [1.54, 1.807) is 0 Å². The lowest BCUT2D eigenvalue weighted by atomic mass is 9.51. The smallest absolute Gasteiger partial charge is 0.226 e. The van der Waals surface area contributed by atoms with Gasteiger partial charge in [0, 0.05) is 28.0 Å². The minimum Gasteiger partial charge on any atom is -0.339 e. The molecule has 2 nitrogen and oxygen atoms in total. The molecule has 2 bridgehead atoms. The fourth-order valence-electron chi connectivity index (χ4n) is 6.86. The van der Waals surface area contributed by atoms with Crippen LogP contribution in [0.25, 0.3) is 0 Å². The van der Waals surface area contributed by atoms with Gasteiger partial charge in [-0.15, -0.1) is 0 Å². The third kappa shape index (κ3) is 2.31. The lowest BCUT2D eigenvalue weighted by Crippen LogP contribution is -2.58. The van der Waals surface area contributed by atoms with Crippen molar-refractivity contribution in [3.63, 3.8) is 0 Å². The highest BCUT2D eigenvalue weighted by Gasteiger charge is 2.68. The molecule has 1 aromatic carbocycles. The summed E-state index contributed by atoms with van der Waals surface area (Å²) in [4.78, 5) is 15.5. The normalized spacial score (nSPS) is 42.0. The molecule has 1 amide bonds. The molecule has 25 heavy (non-hydrogen) atoms. The van der Waals surface area contributed by atoms with Gasteiger partial charge in [-0.3, -0.25) is 4.79 Å². The van der Waals surface area contributed by atoms with Crippen LogP contribution in [0.3, 0.4) is 0 Å². The van der Waals surface area contributed by atoms with Crippen LogP contribution in [0.5, 0.6) is 0 Å². The Morgan fingerprint density at radius 3 is 2.88 bits per heavy atom. The number of carbonyl (C=O) groups is 1. The molecule has 6 unspecified atom stereocenters. The van der Waals surface area contributed by atoms with Crippen LogP contribution in [0.1, 0.15) is 44.6 Å². The highest BCUT2D eigenvalue weighted by atomic mass is 79.9. The van der Waals surface area contributed by atoms with Crippen molar-refractivity contribution in [2.45, 2.75) is 51.5 Å². The number of hydrogen-bond acceptors (Lipinski definition) is 1. The molecule has 1 saturated heterocycles. The Morgan fingerprint density at radius 2 is 2.16 bits per heavy atom. The molecule has 3 saturated carbocycles. The summed E-state index contributed by atoms with van der Waals surface area (Å²) in [6.07, 6.45) is 7.24. The van der Waals surface area contributed by atoms with Crippen molar-refractivity contribution in [3.05, 3.63) is 33.3 Å². The van der Waals surface area contributed by atoms with Crippen molar-refractivity contribution >= 4 is 33.4 Å². The summed E-state index contributed by atoms with van der Waals surface area (Å²) in [6, 6.07) is 6.54. The van der Waals surface area contributed by atoms with Crippen molar-refractivity contribution in [1.82, 2.24) is 4.90 Å². The monoisotopic (exact) mass is 421 g/mol. The van der Waals surface area contributed by atoms with E-state index in [1.807, 2.05) is 12.1 Å². The molecule has 0 radical (unpaired) electrons. The van der Waals surface area contributed by atoms with E-state index in [0.717, 1.165) is 52.2 Å². The maximum Gasteiger partial charge on any atom is 0.226 e. The molecule has 1 aromatic rings. The Kier molecular flexibility index (Phi) is 3.81. The second-order valence-corrected chi connectivity index (χ2v) is 10.3. The summed E-state index contributed by atoms with van der Waals surface area (Å²) in [5.74, 6) is 3.10. The molecule has 5 rings (SSSR count). The Bertz CT molecular complexity index is 737. The van der Waals surface area contributed by atoms with Crippen LogP contribution in [0.4, 0.5) is 0 Å². The van der Waals surface area contributed by atoms with Crippen LogP contribution in [0.2, 0.25) is 5.02 Å². The Morgan fingerprint density at radius 1 is 1.32 bits per heavy atom. The molecule has 4 aliphatic rings. The Balaban J connectivity index is 1.34. The number of fused-ring (bicyclic) bond motifs is 1. The first-order valence-electron chi connectivity index (χ1n) is 9.73. The van der Waals surface area contributed by atoms with Gasteiger partial charge in [0.1, 0.15) is 0 Å². The molecule has 1 aliphatic heterocycles. The number of halogens is 2. The second-order valence-electron chi connectivity index (χ2n) is 8.96. The summed E-state index contributed by atoms with van der Waals surface area (Å²) in [5.41, 5.74) is 1.58. The van der Waals surface area contributed by atoms with Crippen LogP contribution < -0.4 is 0 Å². The molecule has 4 heteroatoms. The average Bonchev–Trinajstić information content (AvgIpc) is 3.21. The van der Waals surface area contributed by atoms with Gasteiger partial charge in [0.2, 0.25) is 5.91 Å². The van der Waals surface area contributed by atoms with Gasteiger partial charge in [-0.1, -0.05) is 40.5 Å². The van der Waals surface area contributed by atoms with Crippen molar-refractivity contribution in [2.24, 2.45) is 29.1 Å². The SMILES string of the molecule is CC1CC2CC3CC(N4CCC(Cc5ccc(Br)cc5Cl)C4=O)C12C3. The number of nitrogens with zero attached hydrogens (tertiary/aromatic N) is 1. The lowest BCUT2D eigenvalue weighted by Gasteiger charge is -2.57. The lowest BCUT2D eigenvalue weighted by molar-refractivity contribution is -0.144. The fraction of sp³-hybridized carbons (Fsp3) is 0.667. The zero-order chi connectivity index (χ0) is 17.3. The second kappa shape index (κ2) is 5.73. The summed E-state index contributed by atoms with van der Waals surface area (Å²) in [6.45, 7) is 3.38. The summed E-state index contributed by atoms with van der Waals surface area (Å²) in [7, 11) is 0. The minimum absolute atomic E-state index is 0.114. The zero-order valence-corrected chi connectivity index (χ0v) is 17.0. The average molecular weight is 423 g/mol. The number of benzene rings is 1. The first-order chi connectivity index (χ1) is 12.0. The van der Waals surface area contributed by atoms with E-state index in [2.05, 4.69) is 33.8 Å². The number of carbonyl (C=O) groups excluding carboxylic acids is 1. The van der Waals surface area contributed by atoms with Gasteiger partial charge in [-0.2, -0.15) is 0 Å². The fourth-order valence-corrected chi connectivity index (χ4v) is 7.61. The molecule has 0 N–H and O–H groups in total. The van der Waals surface area contributed by atoms with Crippen LogP contribution in [-0.2, 0) is 11.2 Å². The largest absolute Gasteiger partial charge is 0.339 e. The maximum absolute atomic E-state index is 13.2. The number of likely N-dealkylation sites (tertiary alicyclic amines) is 1. The number of hydrogen-bond donors (Lipinski definition) is 0. The van der Waals surface area contributed by atoms with E-state index in [9.17, 15) is 4.79 Å². The van der Waals surface area contributed by atoms with E-state index in [-0.39, 0.29) is 5.92 Å². The van der Waals surface area contributed by atoms with Crippen molar-refractivity contribution in [1.29, 1.82) is 0 Å². The van der Waals surface area contributed by atoms with Gasteiger partial charge in [-0.05, 0) is 79.4 Å². The predicted molar refractivity (Wildman–Crippen MR) is 104 cm³/mol. The summed E-state index contributed by atoms with van der Waals surface area (Å²) < 4.78 is 0.992. The van der Waals surface area contributed by atoms with E-state index in [0.29, 0.717) is 17.4 Å². The molecule has 3 aliphatic carbocycles. The van der Waals surface area contributed by atoms with Gasteiger partial charge in [0.15, 0.2) is 0 Å². The molecular formula is C21H25BrClNO. The van der Waals surface area contributed by atoms with Crippen LogP contribution in [0.15, 0.2) is 22.7 Å². The molecule has 134 valence electrons. The zero-order valence-electron chi connectivity index (χ0n) is 14.7. The Hall–Kier alpha value is -0.540. The highest BCUT2D eigenvalue weighted by Crippen LogP contribution is 2.71. The molecular weight excluding hydrogens is 398 g/mol. The molecule has 0 aromatic heterocycles. The summed E-state index contributed by atoms with van der Waals surface area (Å²) >= 11 is 9.84. The van der Waals surface area contributed by atoms with Crippen molar-refractivity contribution in [3.8, 4) is 0 Å². The number of amides is 1. The van der Waals surface area contributed by atoms with Crippen molar-refractivity contribution < 1.29 is 4.79 Å². The molecule has 4 fully saturated rings. The molecule has 1 heterocycles. The van der Waals surface area contributed by atoms with Crippen molar-refractivity contribution in [2.75, 3.05) is 6.54 Å². The third-order valence-corrected chi connectivity index (χ3v) is 8.81. The van der Waals surface area contributed by atoms with E-state index in [4.69, 9.17) is 11.6 Å². The molecule has 6 atom stereocenters. The van der Waals surface area contributed by atoms with Crippen LogP contribution >= 0.6 is 27.5 Å². The van der Waals surface area contributed by atoms with Gasteiger partial charge < -0.3 is 4.90 Å². The predicted octanol–water partition coefficient (Wildman–Crippen LogP) is 5.32. The first-order valence-corrected chi connectivity index (χ1v) is 10.9. The van der Waals surface area contributed by atoms with E-state index >= 15 is 0 Å². The minimum atomic E-state index is 0.114. The standard InChI is InChI=1S/C21H25BrClNO/c1-12-6-16-7-13-8-19(21(12,16)11-13)24-5-4-15(20(24)25)9-14-2-3-17(22)10-18(14)23/h2-3,10,12-13,15-16,19H,4-9,11H2,1H3. The van der Waals surface area contributed by atoms with Crippen LogP contribution in [-0.4, -0.2) is 23.4 Å². The van der Waals surface area contributed by atoms with Crippen LogP contribution in [0, 0.1) is 29.1 Å².